The zero-order chi connectivity index (χ0) is 14.1. The maximum Gasteiger partial charge on any atom is 0.321 e. The summed E-state index contributed by atoms with van der Waals surface area (Å²) in [6.45, 7) is 0.565. The Labute approximate surface area is 125 Å². The van der Waals surface area contributed by atoms with Gasteiger partial charge >= 0.3 is 6.01 Å². The van der Waals surface area contributed by atoms with Crippen molar-refractivity contribution in [2.24, 2.45) is 0 Å². The SMILES string of the molecule is c1ccc(-c2nc(CNc3nc(C4CC4)no3)cs2)nc1. The first-order valence-corrected chi connectivity index (χ1v) is 7.70. The fourth-order valence-electron chi connectivity index (χ4n) is 1.98. The summed E-state index contributed by atoms with van der Waals surface area (Å²) in [5.74, 6) is 1.31. The van der Waals surface area contributed by atoms with Crippen LogP contribution in [0.2, 0.25) is 0 Å². The lowest BCUT2D eigenvalue weighted by Gasteiger charge is -1.96. The van der Waals surface area contributed by atoms with Gasteiger partial charge in [-0.15, -0.1) is 11.3 Å². The first-order valence-electron chi connectivity index (χ1n) is 6.82. The highest BCUT2D eigenvalue weighted by molar-refractivity contribution is 7.13. The largest absolute Gasteiger partial charge is 0.332 e. The van der Waals surface area contributed by atoms with E-state index in [1.165, 1.54) is 12.8 Å². The fraction of sp³-hybridized carbons (Fsp3) is 0.286. The van der Waals surface area contributed by atoms with Gasteiger partial charge in [-0.3, -0.25) is 4.98 Å². The van der Waals surface area contributed by atoms with Crippen molar-refractivity contribution >= 4 is 17.4 Å². The van der Waals surface area contributed by atoms with Crippen LogP contribution in [0.5, 0.6) is 0 Å². The maximum absolute atomic E-state index is 5.17. The van der Waals surface area contributed by atoms with Gasteiger partial charge in [0.25, 0.3) is 0 Å². The molecule has 0 saturated heterocycles. The number of thiazole rings is 1. The lowest BCUT2D eigenvalue weighted by Crippen LogP contribution is -2.00. The molecule has 1 N–H and O–H groups in total. The minimum absolute atomic E-state index is 0.462. The number of nitrogens with one attached hydrogen (secondary N) is 1. The second-order valence-corrected chi connectivity index (χ2v) is 5.80. The summed E-state index contributed by atoms with van der Waals surface area (Å²) in [6.07, 6.45) is 4.10. The highest BCUT2D eigenvalue weighted by Gasteiger charge is 2.28. The summed E-state index contributed by atoms with van der Waals surface area (Å²) in [5, 5.41) is 10.0. The first-order chi connectivity index (χ1) is 10.4. The molecule has 0 amide bonds. The van der Waals surface area contributed by atoms with E-state index < -0.39 is 0 Å². The van der Waals surface area contributed by atoms with Gasteiger partial charge in [0.05, 0.1) is 17.9 Å². The molecule has 21 heavy (non-hydrogen) atoms. The number of rotatable bonds is 5. The number of pyridine rings is 1. The number of hydrogen-bond acceptors (Lipinski definition) is 7. The average Bonchev–Trinajstić information content (AvgIpc) is 3.09. The van der Waals surface area contributed by atoms with E-state index >= 15 is 0 Å². The van der Waals surface area contributed by atoms with Crippen LogP contribution < -0.4 is 5.32 Å². The Kier molecular flexibility index (Phi) is 3.11. The molecule has 7 heteroatoms. The Morgan fingerprint density at radius 2 is 2.24 bits per heavy atom. The minimum atomic E-state index is 0.462. The fourth-order valence-corrected chi connectivity index (χ4v) is 2.77. The van der Waals surface area contributed by atoms with Crippen molar-refractivity contribution < 1.29 is 4.52 Å². The van der Waals surface area contributed by atoms with Crippen LogP contribution in [0, 0.1) is 0 Å². The monoisotopic (exact) mass is 299 g/mol. The third kappa shape index (κ3) is 2.78. The van der Waals surface area contributed by atoms with Gasteiger partial charge in [0, 0.05) is 17.5 Å². The molecule has 1 aliphatic rings. The Balaban J connectivity index is 1.41. The highest BCUT2D eigenvalue weighted by Crippen LogP contribution is 2.38. The molecule has 3 aromatic heterocycles. The lowest BCUT2D eigenvalue weighted by molar-refractivity contribution is 0.422. The van der Waals surface area contributed by atoms with Gasteiger partial charge < -0.3 is 9.84 Å². The Morgan fingerprint density at radius 3 is 3.05 bits per heavy atom. The Morgan fingerprint density at radius 1 is 1.29 bits per heavy atom. The molecule has 1 saturated carbocycles. The highest BCUT2D eigenvalue weighted by atomic mass is 32.1. The summed E-state index contributed by atoms with van der Waals surface area (Å²) in [4.78, 5) is 13.2. The molecule has 4 rings (SSSR count). The molecule has 3 heterocycles. The van der Waals surface area contributed by atoms with E-state index in [4.69, 9.17) is 4.52 Å². The van der Waals surface area contributed by atoms with Crippen LogP contribution in [0.15, 0.2) is 34.3 Å². The molecule has 1 fully saturated rings. The lowest BCUT2D eigenvalue weighted by atomic mass is 10.4. The maximum atomic E-state index is 5.17. The van der Waals surface area contributed by atoms with Crippen molar-refractivity contribution in [1.82, 2.24) is 20.1 Å². The molecule has 106 valence electrons. The zero-order valence-corrected chi connectivity index (χ0v) is 12.0. The van der Waals surface area contributed by atoms with Gasteiger partial charge in [-0.25, -0.2) is 4.98 Å². The molecular weight excluding hydrogens is 286 g/mol. The topological polar surface area (TPSA) is 76.7 Å². The van der Waals surface area contributed by atoms with Crippen molar-refractivity contribution in [3.63, 3.8) is 0 Å². The molecule has 0 bridgehead atoms. The smallest absolute Gasteiger partial charge is 0.321 e. The summed E-state index contributed by atoms with van der Waals surface area (Å²) in [7, 11) is 0. The van der Waals surface area contributed by atoms with Crippen molar-refractivity contribution in [1.29, 1.82) is 0 Å². The number of hydrogen-bond donors (Lipinski definition) is 1. The van der Waals surface area contributed by atoms with Crippen LogP contribution >= 0.6 is 11.3 Å². The van der Waals surface area contributed by atoms with Crippen molar-refractivity contribution in [3.05, 3.63) is 41.3 Å². The van der Waals surface area contributed by atoms with Gasteiger partial charge in [0.1, 0.15) is 5.01 Å². The Hall–Kier alpha value is -2.28. The van der Waals surface area contributed by atoms with E-state index in [1.807, 2.05) is 23.6 Å². The molecule has 0 aromatic carbocycles. The molecule has 3 aromatic rings. The predicted octanol–water partition coefficient (Wildman–Crippen LogP) is 3.08. The second kappa shape index (κ2) is 5.25. The molecule has 1 aliphatic carbocycles. The third-order valence-corrected chi connectivity index (χ3v) is 4.15. The summed E-state index contributed by atoms with van der Waals surface area (Å²) in [5.41, 5.74) is 1.83. The van der Waals surface area contributed by atoms with Crippen LogP contribution in [-0.4, -0.2) is 20.1 Å². The minimum Gasteiger partial charge on any atom is -0.332 e. The number of nitrogens with zero attached hydrogens (tertiary/aromatic N) is 4. The van der Waals surface area contributed by atoms with Crippen LogP contribution in [0.4, 0.5) is 6.01 Å². The average molecular weight is 299 g/mol. The zero-order valence-electron chi connectivity index (χ0n) is 11.2. The summed E-state index contributed by atoms with van der Waals surface area (Å²) >= 11 is 1.58. The van der Waals surface area contributed by atoms with E-state index in [1.54, 1.807) is 17.5 Å². The van der Waals surface area contributed by atoms with E-state index in [0.29, 0.717) is 18.5 Å². The quantitative estimate of drug-likeness (QED) is 0.780. The first kappa shape index (κ1) is 12.5. The van der Waals surface area contributed by atoms with Gasteiger partial charge in [0.15, 0.2) is 5.82 Å². The molecule has 0 aliphatic heterocycles. The van der Waals surface area contributed by atoms with E-state index in [-0.39, 0.29) is 0 Å². The van der Waals surface area contributed by atoms with Crippen molar-refractivity contribution in [3.8, 4) is 10.7 Å². The normalized spacial score (nSPS) is 14.3. The van der Waals surface area contributed by atoms with Gasteiger partial charge in [-0.05, 0) is 25.0 Å². The van der Waals surface area contributed by atoms with Crippen LogP contribution in [0.3, 0.4) is 0 Å². The predicted molar refractivity (Wildman–Crippen MR) is 78.9 cm³/mol. The van der Waals surface area contributed by atoms with Crippen LogP contribution in [0.25, 0.3) is 10.7 Å². The number of anilines is 1. The van der Waals surface area contributed by atoms with Gasteiger partial charge in [-0.2, -0.15) is 4.98 Å². The summed E-state index contributed by atoms with van der Waals surface area (Å²) in [6, 6.07) is 6.27. The standard InChI is InChI=1S/C14H13N5OS/c1-2-6-15-11(3-1)13-17-10(8-21-13)7-16-14-18-12(19-20-14)9-4-5-9/h1-3,6,8-9H,4-5,7H2,(H,16,18,19). The van der Waals surface area contributed by atoms with Crippen LogP contribution in [0.1, 0.15) is 30.3 Å². The van der Waals surface area contributed by atoms with E-state index in [0.717, 1.165) is 22.2 Å². The van der Waals surface area contributed by atoms with Crippen molar-refractivity contribution in [2.45, 2.75) is 25.3 Å². The van der Waals surface area contributed by atoms with E-state index in [2.05, 4.69) is 25.4 Å². The van der Waals surface area contributed by atoms with Gasteiger partial charge in [0.2, 0.25) is 0 Å². The van der Waals surface area contributed by atoms with Gasteiger partial charge in [-0.1, -0.05) is 11.2 Å². The molecule has 0 spiro atoms. The molecule has 6 nitrogen and oxygen atoms in total. The molecule has 0 atom stereocenters. The third-order valence-electron chi connectivity index (χ3n) is 3.24. The number of aromatic nitrogens is 4. The summed E-state index contributed by atoms with van der Waals surface area (Å²) < 4.78 is 5.17. The van der Waals surface area contributed by atoms with Crippen molar-refractivity contribution in [2.75, 3.05) is 5.32 Å². The second-order valence-electron chi connectivity index (χ2n) is 4.94. The van der Waals surface area contributed by atoms with E-state index in [9.17, 15) is 0 Å². The molecule has 0 radical (unpaired) electrons. The molecular formula is C14H13N5OS. The van der Waals surface area contributed by atoms with Crippen LogP contribution in [-0.2, 0) is 6.54 Å². The molecule has 0 unspecified atom stereocenters. The Bertz CT molecular complexity index is 735.